The van der Waals surface area contributed by atoms with Gasteiger partial charge in [0.1, 0.15) is 0 Å². The molecule has 1 saturated heterocycles. The molecule has 0 aromatic carbocycles. The van der Waals surface area contributed by atoms with Gasteiger partial charge in [-0.1, -0.05) is 13.8 Å². The summed E-state index contributed by atoms with van der Waals surface area (Å²) in [5.41, 5.74) is 0.284. The Kier molecular flexibility index (Phi) is 3.50. The van der Waals surface area contributed by atoms with Crippen LogP contribution in [0, 0.1) is 5.41 Å². The van der Waals surface area contributed by atoms with Crippen molar-refractivity contribution in [3.63, 3.8) is 0 Å². The summed E-state index contributed by atoms with van der Waals surface area (Å²) in [6.07, 6.45) is 1.17. The van der Waals surface area contributed by atoms with E-state index in [-0.39, 0.29) is 12.0 Å². The lowest BCUT2D eigenvalue weighted by Crippen LogP contribution is -2.43. The Bertz CT molecular complexity index is 216. The lowest BCUT2D eigenvalue weighted by Gasteiger charge is -2.29. The van der Waals surface area contributed by atoms with Crippen molar-refractivity contribution in [3.05, 3.63) is 0 Å². The fraction of sp³-hybridized carbons (Fsp3) is 0.900. The average molecular weight is 200 g/mol. The van der Waals surface area contributed by atoms with Gasteiger partial charge in [-0.3, -0.25) is 9.69 Å². The van der Waals surface area contributed by atoms with Crippen molar-refractivity contribution in [2.45, 2.75) is 26.3 Å². The number of nitrogens with zero attached hydrogens (tertiary/aromatic N) is 1. The maximum atomic E-state index is 10.5. The van der Waals surface area contributed by atoms with Crippen LogP contribution >= 0.6 is 0 Å². The van der Waals surface area contributed by atoms with E-state index < -0.39 is 5.97 Å². The summed E-state index contributed by atoms with van der Waals surface area (Å²) in [5, 5.41) is 12.0. The lowest BCUT2D eigenvalue weighted by atomic mass is 9.85. The summed E-state index contributed by atoms with van der Waals surface area (Å²) in [6, 6.07) is 0.409. The van der Waals surface area contributed by atoms with Crippen molar-refractivity contribution < 1.29 is 9.90 Å². The maximum Gasteiger partial charge on any atom is 0.317 e. The van der Waals surface area contributed by atoms with Crippen LogP contribution in [-0.4, -0.2) is 48.7 Å². The van der Waals surface area contributed by atoms with Gasteiger partial charge < -0.3 is 10.4 Å². The van der Waals surface area contributed by atoms with Gasteiger partial charge in [-0.25, -0.2) is 0 Å². The zero-order chi connectivity index (χ0) is 10.8. The predicted molar refractivity (Wildman–Crippen MR) is 55.3 cm³/mol. The van der Waals surface area contributed by atoms with Crippen LogP contribution in [0.1, 0.15) is 20.3 Å². The molecule has 2 N–H and O–H groups in total. The lowest BCUT2D eigenvalue weighted by molar-refractivity contribution is -0.138. The summed E-state index contributed by atoms with van der Waals surface area (Å²) in [4.78, 5) is 12.3. The monoisotopic (exact) mass is 200 g/mol. The van der Waals surface area contributed by atoms with Gasteiger partial charge in [-0.2, -0.15) is 0 Å². The molecule has 1 rings (SSSR count). The van der Waals surface area contributed by atoms with Crippen molar-refractivity contribution >= 4 is 5.97 Å². The Morgan fingerprint density at radius 1 is 1.64 bits per heavy atom. The zero-order valence-corrected chi connectivity index (χ0v) is 9.21. The minimum atomic E-state index is -0.761. The maximum absolute atomic E-state index is 10.5. The Labute approximate surface area is 85.3 Å². The highest BCUT2D eigenvalue weighted by Crippen LogP contribution is 2.29. The molecule has 1 aliphatic heterocycles. The highest BCUT2D eigenvalue weighted by molar-refractivity contribution is 5.69. The number of carboxylic acids is 1. The third kappa shape index (κ3) is 2.96. The largest absolute Gasteiger partial charge is 0.480 e. The first kappa shape index (κ1) is 11.5. The van der Waals surface area contributed by atoms with Crippen LogP contribution in [0.4, 0.5) is 0 Å². The topological polar surface area (TPSA) is 52.6 Å². The van der Waals surface area contributed by atoms with Crippen LogP contribution in [0.2, 0.25) is 0 Å². The molecule has 0 saturated carbocycles. The molecule has 1 atom stereocenters. The summed E-state index contributed by atoms with van der Waals surface area (Å²) in [7, 11) is 1.85. The first-order chi connectivity index (χ1) is 6.42. The van der Waals surface area contributed by atoms with Gasteiger partial charge in [-0.05, 0) is 25.4 Å². The van der Waals surface area contributed by atoms with E-state index in [2.05, 4.69) is 19.2 Å². The Morgan fingerprint density at radius 3 is 2.71 bits per heavy atom. The normalized spacial score (nSPS) is 25.6. The molecule has 0 bridgehead atoms. The van der Waals surface area contributed by atoms with E-state index in [1.807, 2.05) is 11.9 Å². The van der Waals surface area contributed by atoms with E-state index >= 15 is 0 Å². The molecule has 0 aromatic rings. The van der Waals surface area contributed by atoms with Gasteiger partial charge in [0.05, 0.1) is 6.54 Å². The smallest absolute Gasteiger partial charge is 0.317 e. The first-order valence-electron chi connectivity index (χ1n) is 5.05. The SMILES string of the molecule is CN(CC(=O)O)CC1NCCC1(C)C. The van der Waals surface area contributed by atoms with Crippen LogP contribution < -0.4 is 5.32 Å². The van der Waals surface area contributed by atoms with Crippen LogP contribution in [-0.2, 0) is 4.79 Å². The Morgan fingerprint density at radius 2 is 2.29 bits per heavy atom. The minimum Gasteiger partial charge on any atom is -0.480 e. The third-order valence-electron chi connectivity index (χ3n) is 3.00. The fourth-order valence-corrected chi connectivity index (χ4v) is 1.94. The number of hydrogen-bond donors (Lipinski definition) is 2. The van der Waals surface area contributed by atoms with Crippen molar-refractivity contribution in [3.8, 4) is 0 Å². The second-order valence-electron chi connectivity index (χ2n) is 4.84. The second-order valence-corrected chi connectivity index (χ2v) is 4.84. The zero-order valence-electron chi connectivity index (χ0n) is 9.21. The van der Waals surface area contributed by atoms with Crippen LogP contribution in [0.15, 0.2) is 0 Å². The number of aliphatic carboxylic acids is 1. The van der Waals surface area contributed by atoms with E-state index in [4.69, 9.17) is 5.11 Å². The molecule has 0 radical (unpaired) electrons. The fourth-order valence-electron chi connectivity index (χ4n) is 1.94. The molecule has 0 aliphatic carbocycles. The van der Waals surface area contributed by atoms with Gasteiger partial charge in [0, 0.05) is 12.6 Å². The van der Waals surface area contributed by atoms with Crippen LogP contribution in [0.5, 0.6) is 0 Å². The molecule has 1 aliphatic rings. The van der Waals surface area contributed by atoms with Crippen molar-refractivity contribution in [1.82, 2.24) is 10.2 Å². The molecular formula is C10H20N2O2. The van der Waals surface area contributed by atoms with E-state index in [1.165, 1.54) is 6.42 Å². The van der Waals surface area contributed by atoms with Crippen molar-refractivity contribution in [2.75, 3.05) is 26.7 Å². The van der Waals surface area contributed by atoms with E-state index in [0.717, 1.165) is 13.1 Å². The highest BCUT2D eigenvalue weighted by atomic mass is 16.4. The molecule has 0 aromatic heterocycles. The summed E-state index contributed by atoms with van der Waals surface area (Å²) >= 11 is 0. The highest BCUT2D eigenvalue weighted by Gasteiger charge is 2.34. The molecule has 4 nitrogen and oxygen atoms in total. The van der Waals surface area contributed by atoms with Gasteiger partial charge in [0.15, 0.2) is 0 Å². The molecule has 0 spiro atoms. The van der Waals surface area contributed by atoms with Crippen molar-refractivity contribution in [1.29, 1.82) is 0 Å². The van der Waals surface area contributed by atoms with E-state index in [1.54, 1.807) is 0 Å². The van der Waals surface area contributed by atoms with Crippen LogP contribution in [0.25, 0.3) is 0 Å². The summed E-state index contributed by atoms with van der Waals surface area (Å²) < 4.78 is 0. The molecule has 82 valence electrons. The first-order valence-corrected chi connectivity index (χ1v) is 5.05. The number of rotatable bonds is 4. The molecule has 14 heavy (non-hydrogen) atoms. The van der Waals surface area contributed by atoms with E-state index in [9.17, 15) is 4.79 Å². The Balaban J connectivity index is 2.40. The van der Waals surface area contributed by atoms with E-state index in [0.29, 0.717) is 6.04 Å². The standard InChI is InChI=1S/C10H20N2O2/c1-10(2)4-5-11-8(10)6-12(3)7-9(13)14/h8,11H,4-7H2,1-3H3,(H,13,14). The third-order valence-corrected chi connectivity index (χ3v) is 3.00. The van der Waals surface area contributed by atoms with Gasteiger partial charge in [0.2, 0.25) is 0 Å². The minimum absolute atomic E-state index is 0.119. The molecule has 1 heterocycles. The molecule has 4 heteroatoms. The summed E-state index contributed by atoms with van der Waals surface area (Å²) in [6.45, 7) is 6.42. The van der Waals surface area contributed by atoms with Gasteiger partial charge in [-0.15, -0.1) is 0 Å². The number of carboxylic acid groups (broad SMARTS) is 1. The quantitative estimate of drug-likeness (QED) is 0.689. The van der Waals surface area contributed by atoms with Gasteiger partial charge in [0.25, 0.3) is 0 Å². The van der Waals surface area contributed by atoms with Gasteiger partial charge >= 0.3 is 5.97 Å². The van der Waals surface area contributed by atoms with Crippen LogP contribution in [0.3, 0.4) is 0 Å². The second kappa shape index (κ2) is 4.28. The molecular weight excluding hydrogens is 180 g/mol. The Hall–Kier alpha value is -0.610. The average Bonchev–Trinajstić information content (AvgIpc) is 2.29. The number of nitrogens with one attached hydrogen (secondary N) is 1. The number of likely N-dealkylation sites (N-methyl/N-ethyl adjacent to an activating group) is 1. The number of hydrogen-bond acceptors (Lipinski definition) is 3. The number of carbonyl (C=O) groups is 1. The predicted octanol–water partition coefficient (Wildman–Crippen LogP) is 0.391. The molecule has 0 amide bonds. The molecule has 1 fully saturated rings. The summed E-state index contributed by atoms with van der Waals surface area (Å²) in [5.74, 6) is -0.761. The van der Waals surface area contributed by atoms with Crippen molar-refractivity contribution in [2.24, 2.45) is 5.41 Å². The molecule has 1 unspecified atom stereocenters.